The number of nitrogens with zero attached hydrogens (tertiary/aromatic N) is 3. The van der Waals surface area contributed by atoms with E-state index in [2.05, 4.69) is 50.3 Å². The third-order valence-corrected chi connectivity index (χ3v) is 6.02. The number of para-hydroxylation sites is 1. The van der Waals surface area contributed by atoms with Crippen molar-refractivity contribution in [2.45, 2.75) is 6.92 Å². The Labute approximate surface area is 201 Å². The largest absolute Gasteiger partial charge is 0.492 e. The number of aromatic nitrogens is 2. The van der Waals surface area contributed by atoms with Crippen LogP contribution in [-0.2, 0) is 0 Å². The van der Waals surface area contributed by atoms with Crippen LogP contribution in [0.2, 0.25) is 0 Å². The molecule has 0 N–H and O–H groups in total. The van der Waals surface area contributed by atoms with E-state index in [1.54, 1.807) is 12.3 Å². The molecule has 0 aliphatic carbocycles. The Balaban J connectivity index is 1.86. The highest BCUT2D eigenvalue weighted by Gasteiger charge is 2.12. The molecule has 0 saturated heterocycles. The Hall–Kier alpha value is -2.27. The van der Waals surface area contributed by atoms with Crippen molar-refractivity contribution >= 4 is 62.3 Å². The zero-order valence-electron chi connectivity index (χ0n) is 16.0. The van der Waals surface area contributed by atoms with Crippen LogP contribution in [0, 0.1) is 7.14 Å². The van der Waals surface area contributed by atoms with Gasteiger partial charge in [-0.1, -0.05) is 42.5 Å². The summed E-state index contributed by atoms with van der Waals surface area (Å²) >= 11 is 4.50. The third kappa shape index (κ3) is 4.27. The molecule has 1 aromatic heterocycles. The van der Waals surface area contributed by atoms with Crippen molar-refractivity contribution in [1.82, 2.24) is 9.66 Å². The van der Waals surface area contributed by atoms with E-state index in [-0.39, 0.29) is 5.56 Å². The van der Waals surface area contributed by atoms with Gasteiger partial charge >= 0.3 is 0 Å². The maximum absolute atomic E-state index is 13.2. The second kappa shape index (κ2) is 9.25. The predicted octanol–water partition coefficient (Wildman–Crippen LogP) is 5.55. The number of fused-ring (bicyclic) bond motifs is 1. The molecule has 7 heteroatoms. The minimum Gasteiger partial charge on any atom is -0.492 e. The van der Waals surface area contributed by atoms with Crippen molar-refractivity contribution in [3.05, 3.63) is 89.8 Å². The second-order valence-electron chi connectivity index (χ2n) is 6.43. The lowest BCUT2D eigenvalue weighted by Crippen LogP contribution is -2.20. The highest BCUT2D eigenvalue weighted by Crippen LogP contribution is 2.28. The molecule has 0 fully saturated rings. The van der Waals surface area contributed by atoms with E-state index in [0.29, 0.717) is 23.3 Å². The van der Waals surface area contributed by atoms with Gasteiger partial charge in [0.25, 0.3) is 5.56 Å². The normalized spacial score (nSPS) is 11.3. The van der Waals surface area contributed by atoms with E-state index in [9.17, 15) is 4.79 Å². The first kappa shape index (κ1) is 21.0. The van der Waals surface area contributed by atoms with Gasteiger partial charge in [-0.25, -0.2) is 4.98 Å². The Bertz CT molecular complexity index is 1280. The zero-order valence-corrected chi connectivity index (χ0v) is 20.4. The lowest BCUT2D eigenvalue weighted by molar-refractivity contribution is 0.335. The van der Waals surface area contributed by atoms with E-state index in [0.717, 1.165) is 24.0 Å². The number of ether oxygens (including phenoxy) is 1. The second-order valence-corrected chi connectivity index (χ2v) is 8.75. The van der Waals surface area contributed by atoms with Crippen LogP contribution in [0.25, 0.3) is 22.3 Å². The zero-order chi connectivity index (χ0) is 21.1. The summed E-state index contributed by atoms with van der Waals surface area (Å²) in [6.45, 7) is 2.57. The Morgan fingerprint density at radius 3 is 2.40 bits per heavy atom. The summed E-state index contributed by atoms with van der Waals surface area (Å²) in [5, 5.41) is 5.06. The van der Waals surface area contributed by atoms with Gasteiger partial charge in [-0.15, -0.1) is 0 Å². The molecule has 0 bridgehead atoms. The van der Waals surface area contributed by atoms with Crippen LogP contribution in [0.4, 0.5) is 0 Å². The average Bonchev–Trinajstić information content (AvgIpc) is 2.76. The Morgan fingerprint density at radius 1 is 1.03 bits per heavy atom. The van der Waals surface area contributed by atoms with Crippen molar-refractivity contribution in [3.63, 3.8) is 0 Å². The highest BCUT2D eigenvalue weighted by atomic mass is 127. The van der Waals surface area contributed by atoms with Crippen molar-refractivity contribution in [1.29, 1.82) is 0 Å². The van der Waals surface area contributed by atoms with Crippen molar-refractivity contribution in [2.75, 3.05) is 6.61 Å². The fraction of sp³-hybridized carbons (Fsp3) is 0.0870. The van der Waals surface area contributed by atoms with Gasteiger partial charge in [-0.3, -0.25) is 4.79 Å². The third-order valence-electron chi connectivity index (χ3n) is 4.42. The van der Waals surface area contributed by atoms with E-state index >= 15 is 0 Å². The van der Waals surface area contributed by atoms with Crippen molar-refractivity contribution in [2.24, 2.45) is 5.10 Å². The first-order chi connectivity index (χ1) is 14.6. The fourth-order valence-electron chi connectivity index (χ4n) is 3.07. The number of rotatable bonds is 5. The smallest absolute Gasteiger partial charge is 0.282 e. The molecule has 0 unspecified atom stereocenters. The molecule has 1 heterocycles. The molecular formula is C23H17I2N3O2. The van der Waals surface area contributed by atoms with Gasteiger partial charge in [0.1, 0.15) is 5.75 Å². The summed E-state index contributed by atoms with van der Waals surface area (Å²) in [6.07, 6.45) is 1.68. The molecule has 3 aromatic carbocycles. The van der Waals surface area contributed by atoms with E-state index in [4.69, 9.17) is 9.72 Å². The van der Waals surface area contributed by atoms with Crippen LogP contribution >= 0.6 is 45.2 Å². The molecule has 4 aromatic rings. The lowest BCUT2D eigenvalue weighted by atomic mass is 10.2. The maximum Gasteiger partial charge on any atom is 0.282 e. The molecule has 30 heavy (non-hydrogen) atoms. The monoisotopic (exact) mass is 621 g/mol. The van der Waals surface area contributed by atoms with E-state index in [1.165, 1.54) is 4.68 Å². The minimum absolute atomic E-state index is 0.203. The van der Waals surface area contributed by atoms with Gasteiger partial charge in [0, 0.05) is 5.56 Å². The molecule has 0 radical (unpaired) electrons. The average molecular weight is 621 g/mol. The molecule has 0 spiro atoms. The van der Waals surface area contributed by atoms with Crippen LogP contribution in [-0.4, -0.2) is 22.5 Å². The quantitative estimate of drug-likeness (QED) is 0.217. The maximum atomic E-state index is 13.2. The van der Waals surface area contributed by atoms with Gasteiger partial charge in [0.15, 0.2) is 5.82 Å². The van der Waals surface area contributed by atoms with Gasteiger partial charge < -0.3 is 4.74 Å². The number of hydrogen-bond donors (Lipinski definition) is 0. The SMILES string of the molecule is CCOc1c(I)cc(C=Nn2c(-c3ccccc3)nc3ccccc3c2=O)cc1I. The summed E-state index contributed by atoms with van der Waals surface area (Å²) in [5.41, 5.74) is 2.16. The lowest BCUT2D eigenvalue weighted by Gasteiger charge is -2.10. The summed E-state index contributed by atoms with van der Waals surface area (Å²) < 4.78 is 9.06. The Kier molecular flexibility index (Phi) is 6.47. The minimum atomic E-state index is -0.203. The van der Waals surface area contributed by atoms with E-state index in [1.807, 2.05) is 67.6 Å². The summed E-state index contributed by atoms with van der Waals surface area (Å²) in [6, 6.07) is 20.9. The summed E-state index contributed by atoms with van der Waals surface area (Å²) in [5.74, 6) is 1.37. The highest BCUT2D eigenvalue weighted by molar-refractivity contribution is 14.1. The van der Waals surface area contributed by atoms with Crippen LogP contribution in [0.3, 0.4) is 0 Å². The molecular weight excluding hydrogens is 604 g/mol. The molecule has 0 amide bonds. The van der Waals surface area contributed by atoms with Gasteiger partial charge in [-0.05, 0) is 81.9 Å². The van der Waals surface area contributed by atoms with Crippen molar-refractivity contribution < 1.29 is 4.74 Å². The van der Waals surface area contributed by atoms with Crippen LogP contribution < -0.4 is 10.3 Å². The van der Waals surface area contributed by atoms with Crippen LogP contribution in [0.1, 0.15) is 12.5 Å². The topological polar surface area (TPSA) is 56.5 Å². The van der Waals surface area contributed by atoms with Crippen LogP contribution in [0.15, 0.2) is 76.6 Å². The van der Waals surface area contributed by atoms with Gasteiger partial charge in [-0.2, -0.15) is 9.78 Å². The first-order valence-corrected chi connectivity index (χ1v) is 11.5. The number of hydrogen-bond acceptors (Lipinski definition) is 4. The molecule has 0 saturated carbocycles. The fourth-order valence-corrected chi connectivity index (χ4v) is 5.19. The number of halogens is 2. The molecule has 0 atom stereocenters. The molecule has 5 nitrogen and oxygen atoms in total. The predicted molar refractivity (Wildman–Crippen MR) is 137 cm³/mol. The van der Waals surface area contributed by atoms with Crippen LogP contribution in [0.5, 0.6) is 5.75 Å². The van der Waals surface area contributed by atoms with E-state index < -0.39 is 0 Å². The molecule has 150 valence electrons. The molecule has 0 aliphatic heterocycles. The summed E-state index contributed by atoms with van der Waals surface area (Å²) in [4.78, 5) is 17.9. The Morgan fingerprint density at radius 2 is 1.70 bits per heavy atom. The number of benzene rings is 3. The van der Waals surface area contributed by atoms with Crippen molar-refractivity contribution in [3.8, 4) is 17.1 Å². The standard InChI is InChI=1S/C23H17I2N3O2/c1-2-30-21-18(24)12-15(13-19(21)25)14-26-28-22(16-8-4-3-5-9-16)27-20-11-7-6-10-17(20)23(28)29/h3-14H,2H2,1H3. The summed E-state index contributed by atoms with van der Waals surface area (Å²) in [7, 11) is 0. The molecule has 4 rings (SSSR count). The van der Waals surface area contributed by atoms with Gasteiger partial charge in [0.2, 0.25) is 0 Å². The molecule has 0 aliphatic rings. The van der Waals surface area contributed by atoms with Gasteiger partial charge in [0.05, 0.1) is 30.9 Å². The first-order valence-electron chi connectivity index (χ1n) is 9.32.